The van der Waals surface area contributed by atoms with Crippen LogP contribution in [0.2, 0.25) is 5.15 Å². The first-order valence-electron chi connectivity index (χ1n) is 6.90. The maximum absolute atomic E-state index is 12.7. The van der Waals surface area contributed by atoms with Crippen LogP contribution in [0.3, 0.4) is 0 Å². The molecule has 1 aliphatic heterocycles. The van der Waals surface area contributed by atoms with E-state index in [1.807, 2.05) is 6.07 Å². The molecule has 4 rings (SSSR count). The second-order valence-electron chi connectivity index (χ2n) is 5.10. The third-order valence-electron chi connectivity index (χ3n) is 3.79. The van der Waals surface area contributed by atoms with E-state index in [0.717, 1.165) is 0 Å². The van der Waals surface area contributed by atoms with E-state index in [-0.39, 0.29) is 18.0 Å². The van der Waals surface area contributed by atoms with Gasteiger partial charge < -0.3 is 15.2 Å². The van der Waals surface area contributed by atoms with Gasteiger partial charge in [-0.3, -0.25) is 9.36 Å². The lowest BCUT2D eigenvalue weighted by atomic mass is 10.1. The molecule has 1 aliphatic rings. The number of nitrogens with zero attached hydrogens (tertiary/aromatic N) is 3. The van der Waals surface area contributed by atoms with E-state index in [9.17, 15) is 10.1 Å². The molecule has 3 heterocycles. The first-order valence-corrected chi connectivity index (χ1v) is 7.28. The summed E-state index contributed by atoms with van der Waals surface area (Å²) in [5, 5.41) is 10.1. The van der Waals surface area contributed by atoms with Gasteiger partial charge in [-0.15, -0.1) is 0 Å². The van der Waals surface area contributed by atoms with Gasteiger partial charge in [0.1, 0.15) is 16.8 Å². The topological polar surface area (TPSA) is 103 Å². The van der Waals surface area contributed by atoms with E-state index in [0.29, 0.717) is 33.2 Å². The maximum Gasteiger partial charge on any atom is 0.275 e. The molecule has 0 amide bonds. The fraction of sp³-hybridized carbons (Fsp3) is 0.0625. The number of ether oxygens (including phenoxy) is 2. The summed E-state index contributed by atoms with van der Waals surface area (Å²) in [7, 11) is 0. The van der Waals surface area contributed by atoms with Crippen molar-refractivity contribution in [3.05, 3.63) is 51.5 Å². The lowest BCUT2D eigenvalue weighted by molar-refractivity contribution is 0.174. The summed E-state index contributed by atoms with van der Waals surface area (Å²) in [4.78, 5) is 16.7. The zero-order valence-corrected chi connectivity index (χ0v) is 12.9. The number of nitriles is 1. The minimum absolute atomic E-state index is 0.0867. The van der Waals surface area contributed by atoms with Gasteiger partial charge in [0.2, 0.25) is 6.79 Å². The zero-order valence-electron chi connectivity index (χ0n) is 12.1. The standard InChI is InChI=1S/C16H9ClN4O3/c17-14-2-1-8(6-20-14)21-11-4-13-12(23-7-24-13)3-9(11)15(19)10(5-18)16(21)22/h1-4,6H,7,19H2. The summed E-state index contributed by atoms with van der Waals surface area (Å²) in [6, 6.07) is 8.38. The lowest BCUT2D eigenvalue weighted by Gasteiger charge is -2.14. The molecule has 0 atom stereocenters. The molecule has 0 saturated heterocycles. The van der Waals surface area contributed by atoms with Gasteiger partial charge in [-0.2, -0.15) is 5.26 Å². The largest absolute Gasteiger partial charge is 0.454 e. The normalized spacial score (nSPS) is 12.3. The van der Waals surface area contributed by atoms with Gasteiger partial charge in [0.25, 0.3) is 5.56 Å². The van der Waals surface area contributed by atoms with Crippen LogP contribution < -0.4 is 20.8 Å². The van der Waals surface area contributed by atoms with Gasteiger partial charge in [0.15, 0.2) is 11.5 Å². The highest BCUT2D eigenvalue weighted by Gasteiger charge is 2.21. The van der Waals surface area contributed by atoms with E-state index in [1.54, 1.807) is 24.3 Å². The van der Waals surface area contributed by atoms with Gasteiger partial charge in [-0.25, -0.2) is 4.98 Å². The number of aromatic nitrogens is 2. The second-order valence-corrected chi connectivity index (χ2v) is 5.49. The highest BCUT2D eigenvalue weighted by molar-refractivity contribution is 6.29. The summed E-state index contributed by atoms with van der Waals surface area (Å²) < 4.78 is 12.1. The summed E-state index contributed by atoms with van der Waals surface area (Å²) in [6.45, 7) is 0.0867. The van der Waals surface area contributed by atoms with Crippen LogP contribution in [0.5, 0.6) is 11.5 Å². The maximum atomic E-state index is 12.7. The molecule has 2 N–H and O–H groups in total. The number of halogens is 1. The Hall–Kier alpha value is -3.24. The van der Waals surface area contributed by atoms with Crippen molar-refractivity contribution in [3.63, 3.8) is 0 Å². The first kappa shape index (κ1) is 14.4. The van der Waals surface area contributed by atoms with Crippen LogP contribution >= 0.6 is 11.6 Å². The molecule has 0 unspecified atom stereocenters. The minimum Gasteiger partial charge on any atom is -0.454 e. The fourth-order valence-electron chi connectivity index (χ4n) is 2.67. The quantitative estimate of drug-likeness (QED) is 0.681. The van der Waals surface area contributed by atoms with Crippen molar-refractivity contribution in [3.8, 4) is 23.3 Å². The first-order chi connectivity index (χ1) is 11.6. The Kier molecular flexibility index (Phi) is 3.08. The number of nitrogen functional groups attached to an aromatic ring is 1. The highest BCUT2D eigenvalue weighted by atomic mass is 35.5. The van der Waals surface area contributed by atoms with Crippen molar-refractivity contribution < 1.29 is 9.47 Å². The van der Waals surface area contributed by atoms with E-state index >= 15 is 0 Å². The summed E-state index contributed by atoms with van der Waals surface area (Å²) in [5.74, 6) is 1.01. The number of pyridine rings is 2. The summed E-state index contributed by atoms with van der Waals surface area (Å²) >= 11 is 5.81. The van der Waals surface area contributed by atoms with E-state index in [2.05, 4.69) is 4.98 Å². The highest BCUT2D eigenvalue weighted by Crippen LogP contribution is 2.38. The second kappa shape index (κ2) is 5.15. The van der Waals surface area contributed by atoms with Gasteiger partial charge in [0.05, 0.1) is 23.1 Å². The van der Waals surface area contributed by atoms with Gasteiger partial charge in [0, 0.05) is 11.5 Å². The number of benzene rings is 1. The van der Waals surface area contributed by atoms with Crippen molar-refractivity contribution in [2.45, 2.75) is 0 Å². The van der Waals surface area contributed by atoms with Crippen molar-refractivity contribution in [1.29, 1.82) is 5.26 Å². The smallest absolute Gasteiger partial charge is 0.275 e. The molecule has 0 radical (unpaired) electrons. The number of hydrogen-bond acceptors (Lipinski definition) is 6. The molecule has 0 spiro atoms. The van der Waals surface area contributed by atoms with Crippen molar-refractivity contribution in [2.75, 3.05) is 12.5 Å². The predicted molar refractivity (Wildman–Crippen MR) is 87.6 cm³/mol. The van der Waals surface area contributed by atoms with Crippen LogP contribution in [0.15, 0.2) is 35.3 Å². The molecule has 7 nitrogen and oxygen atoms in total. The molecule has 0 aliphatic carbocycles. The number of anilines is 1. The zero-order chi connectivity index (χ0) is 16.8. The molecule has 3 aromatic rings. The van der Waals surface area contributed by atoms with Crippen molar-refractivity contribution in [2.24, 2.45) is 0 Å². The summed E-state index contributed by atoms with van der Waals surface area (Å²) in [6.07, 6.45) is 1.45. The predicted octanol–water partition coefficient (Wildman–Crippen LogP) is 2.22. The van der Waals surface area contributed by atoms with Crippen LogP contribution in [0.25, 0.3) is 16.6 Å². The Labute approximate surface area is 140 Å². The average Bonchev–Trinajstić information content (AvgIpc) is 3.03. The van der Waals surface area contributed by atoms with Crippen molar-refractivity contribution in [1.82, 2.24) is 9.55 Å². The molecule has 0 fully saturated rings. The molecule has 2 aromatic heterocycles. The molecule has 0 saturated carbocycles. The van der Waals surface area contributed by atoms with Crippen LogP contribution in [-0.2, 0) is 0 Å². The molecular weight excluding hydrogens is 332 g/mol. The lowest BCUT2D eigenvalue weighted by Crippen LogP contribution is -2.23. The molecular formula is C16H9ClN4O3. The number of hydrogen-bond donors (Lipinski definition) is 1. The van der Waals surface area contributed by atoms with E-state index in [1.165, 1.54) is 10.8 Å². The Morgan fingerprint density at radius 1 is 1.29 bits per heavy atom. The van der Waals surface area contributed by atoms with E-state index < -0.39 is 5.56 Å². The number of nitrogens with two attached hydrogens (primary N) is 1. The Balaban J connectivity index is 2.17. The third kappa shape index (κ3) is 1.97. The number of rotatable bonds is 1. The third-order valence-corrected chi connectivity index (χ3v) is 4.01. The molecule has 118 valence electrons. The SMILES string of the molecule is N#Cc1c(N)c2cc3c(cc2n(-c2ccc(Cl)nc2)c1=O)OCO3. The molecule has 0 bridgehead atoms. The molecule has 1 aromatic carbocycles. The Bertz CT molecular complexity index is 1080. The van der Waals surface area contributed by atoms with E-state index in [4.69, 9.17) is 26.8 Å². The number of fused-ring (bicyclic) bond motifs is 2. The average molecular weight is 341 g/mol. The Morgan fingerprint density at radius 3 is 2.71 bits per heavy atom. The fourth-order valence-corrected chi connectivity index (χ4v) is 2.78. The minimum atomic E-state index is -0.537. The molecule has 24 heavy (non-hydrogen) atoms. The van der Waals surface area contributed by atoms with Gasteiger partial charge in [-0.1, -0.05) is 11.6 Å². The molecule has 8 heteroatoms. The van der Waals surface area contributed by atoms with Crippen LogP contribution in [0, 0.1) is 11.3 Å². The van der Waals surface area contributed by atoms with Crippen LogP contribution in [0.4, 0.5) is 5.69 Å². The Morgan fingerprint density at radius 2 is 2.04 bits per heavy atom. The summed E-state index contributed by atoms with van der Waals surface area (Å²) in [5.41, 5.74) is 6.41. The van der Waals surface area contributed by atoms with Crippen LogP contribution in [0.1, 0.15) is 5.56 Å². The van der Waals surface area contributed by atoms with Crippen molar-refractivity contribution >= 4 is 28.2 Å². The van der Waals surface area contributed by atoms with Crippen LogP contribution in [-0.4, -0.2) is 16.3 Å². The van der Waals surface area contributed by atoms with Gasteiger partial charge >= 0.3 is 0 Å². The van der Waals surface area contributed by atoms with Gasteiger partial charge in [-0.05, 0) is 18.2 Å². The monoisotopic (exact) mass is 340 g/mol.